The van der Waals surface area contributed by atoms with Gasteiger partial charge in [-0.05, 0) is 142 Å². The second-order valence-corrected chi connectivity index (χ2v) is 27.2. The van der Waals surface area contributed by atoms with Crippen LogP contribution in [-0.4, -0.2) is 287 Å². The fraction of sp³-hybridized carbons (Fsp3) is 0.584. The Labute approximate surface area is 672 Å². The molecule has 5 aromatic rings. The van der Waals surface area contributed by atoms with Crippen molar-refractivity contribution in [3.05, 3.63) is 179 Å². The zero-order valence-electron chi connectivity index (χ0n) is 73.7. The van der Waals surface area contributed by atoms with Gasteiger partial charge in [0.1, 0.15) is 65.8 Å². The minimum absolute atomic E-state index is 0.211. The van der Waals surface area contributed by atoms with E-state index in [1.165, 1.54) is 73.3 Å². The highest BCUT2D eigenvalue weighted by atomic mass is 16.6. The second kappa shape index (κ2) is 72.3. The Hall–Kier alpha value is -7.93. The Morgan fingerprint density at radius 2 is 0.423 bits per heavy atom. The Kier molecular flexibility index (Phi) is 72.7. The summed E-state index contributed by atoms with van der Waals surface area (Å²) in [7, 11) is 18.6. The van der Waals surface area contributed by atoms with E-state index in [-0.39, 0.29) is 41.8 Å². The van der Waals surface area contributed by atoms with Gasteiger partial charge in [0.05, 0.1) is 142 Å². The lowest BCUT2D eigenvalue weighted by atomic mass is 10.2. The van der Waals surface area contributed by atoms with E-state index in [0.29, 0.717) is 60.9 Å². The van der Waals surface area contributed by atoms with Crippen molar-refractivity contribution >= 4 is 41.8 Å². The summed E-state index contributed by atoms with van der Waals surface area (Å²) in [6.45, 7) is 49.4. The first-order valence-electron chi connectivity index (χ1n) is 39.6. The molecule has 0 N–H and O–H groups in total. The van der Waals surface area contributed by atoms with Crippen LogP contribution in [0.15, 0.2) is 152 Å². The summed E-state index contributed by atoms with van der Waals surface area (Å²) in [5.41, 5.74) is 3.13. The van der Waals surface area contributed by atoms with E-state index in [0.717, 1.165) is 121 Å². The first-order chi connectivity index (χ1) is 53.0. The van der Waals surface area contributed by atoms with Crippen LogP contribution in [0, 0.1) is 0 Å². The van der Waals surface area contributed by atoms with Gasteiger partial charge in [0.15, 0.2) is 0 Å². The summed E-state index contributed by atoms with van der Waals surface area (Å²) in [5, 5.41) is 0. The van der Waals surface area contributed by atoms with Gasteiger partial charge in [-0.1, -0.05) is 125 Å². The maximum absolute atomic E-state index is 12.0. The second-order valence-electron chi connectivity index (χ2n) is 27.2. The quantitative estimate of drug-likeness (QED) is 0.0205. The average Bonchev–Trinajstić information content (AvgIpc) is 0.886. The van der Waals surface area contributed by atoms with Crippen LogP contribution >= 0.6 is 0 Å². The van der Waals surface area contributed by atoms with Gasteiger partial charge in [-0.25, -0.2) is 24.0 Å². The van der Waals surface area contributed by atoms with Gasteiger partial charge < -0.3 is 69.8 Å². The first-order valence-corrected chi connectivity index (χ1v) is 39.6. The smallest absolute Gasteiger partial charge is 0.338 e. The number of esters is 7. The number of ether oxygens (including phenoxy) is 10. The molecule has 0 aromatic heterocycles. The van der Waals surface area contributed by atoms with Crippen LogP contribution in [0.2, 0.25) is 0 Å². The Morgan fingerprint density at radius 3 is 0.577 bits per heavy atom. The fourth-order valence-corrected chi connectivity index (χ4v) is 10.9. The number of carbonyl (C=O) groups is 7. The number of likely N-dealkylation sites (N-methyl/N-ethyl adjacent to an activating group) is 5. The molecule has 0 bridgehead atoms. The van der Waals surface area contributed by atoms with Crippen LogP contribution in [0.3, 0.4) is 0 Å². The van der Waals surface area contributed by atoms with Crippen molar-refractivity contribution in [2.75, 3.05) is 222 Å². The van der Waals surface area contributed by atoms with E-state index >= 15 is 0 Å². The zero-order valence-corrected chi connectivity index (χ0v) is 73.7. The summed E-state index contributed by atoms with van der Waals surface area (Å²) in [4.78, 5) is 78.1. The maximum atomic E-state index is 12.0. The van der Waals surface area contributed by atoms with Gasteiger partial charge in [-0.3, -0.25) is 9.59 Å². The predicted octanol–water partition coefficient (Wildman–Crippen LogP) is 15.5. The Bertz CT molecular complexity index is 2890. The molecule has 0 radical (unpaired) electrons. The molecule has 0 saturated heterocycles. The third-order valence-electron chi connectivity index (χ3n) is 18.3. The van der Waals surface area contributed by atoms with E-state index in [1.807, 2.05) is 91.0 Å². The van der Waals surface area contributed by atoms with E-state index in [4.69, 9.17) is 23.7 Å². The molecule has 0 amide bonds. The lowest BCUT2D eigenvalue weighted by Crippen LogP contribution is -2.51. The standard InChI is InChI=1S/C18H30NO2.C17H28NO2.2C15H24NO2.C12H18NO2.2C3H6O2.3C2H6O/c1-4-7-14-19(6-3,13-5-2)15-16-21-18(20)17-11-9-8-10-12-17;1-4-12-18(6-3,13-5-2)14-15-20-17(19)16-10-8-7-9-11-16;2*1-4-16(5-2,6-3)12-13-18-15(17)14-10-8-7-9-11-14;1-13(2,3)9-10-15-12(14)11-7-5-4-6-8-11;2*1-3(4)5-2;3*1-3-2/h8-12H,4-7,13-16H2,1-3H3;7-11H,4-6,12-15H2,1-3H3;2*7-11H,4-6,12-13H2,1-3H3;4-8H,9-10H2,1-3H3;2*1-2H3;3*1-2H3/q5*+1;;;;;. The summed E-state index contributed by atoms with van der Waals surface area (Å²) >= 11 is 0. The SMILES string of the molecule is CCCC[N+](CC)(CCC)CCOC(=O)c1ccccc1.CCC[N+](CC)(CCC)CCOC(=O)c1ccccc1.CC[N+](CC)(CC)CCOC(=O)c1ccccc1.CC[N+](CC)(CC)CCOC(=O)c1ccccc1.COC.COC.COC.COC(C)=O.COC(C)=O.C[N+](C)(C)CCOC(=O)c1ccccc1. The molecule has 1 unspecified atom stereocenters. The van der Waals surface area contributed by atoms with Gasteiger partial charge in [-0.15, -0.1) is 0 Å². The number of nitrogens with zero attached hydrogens (tertiary/aromatic N) is 5. The zero-order chi connectivity index (χ0) is 85.3. The summed E-state index contributed by atoms with van der Waals surface area (Å²) in [6.07, 6.45) is 5.96. The number of hydrogen-bond acceptors (Lipinski definition) is 17. The Balaban J connectivity index is -0.000000398. The minimum atomic E-state index is -0.246. The van der Waals surface area contributed by atoms with Crippen molar-refractivity contribution in [2.45, 2.75) is 129 Å². The molecule has 0 aliphatic carbocycles. The van der Waals surface area contributed by atoms with Crippen molar-refractivity contribution < 1.29 is 103 Å². The van der Waals surface area contributed by atoms with Crippen molar-refractivity contribution in [3.63, 3.8) is 0 Å². The summed E-state index contributed by atoms with van der Waals surface area (Å²) in [5.74, 6) is -1.61. The fourth-order valence-electron chi connectivity index (χ4n) is 10.9. The molecule has 22 heteroatoms. The largest absolute Gasteiger partial charge is 0.469 e. The molecular formula is C89H154N5O17+5. The summed E-state index contributed by atoms with van der Waals surface area (Å²) in [6, 6.07) is 45.8. The highest BCUT2D eigenvalue weighted by molar-refractivity contribution is 5.91. The predicted molar refractivity (Wildman–Crippen MR) is 451 cm³/mol. The highest BCUT2D eigenvalue weighted by Gasteiger charge is 2.27. The monoisotopic (exact) mass is 1570 g/mol. The van der Waals surface area contributed by atoms with Gasteiger partial charge in [0, 0.05) is 56.5 Å². The maximum Gasteiger partial charge on any atom is 0.338 e. The van der Waals surface area contributed by atoms with E-state index < -0.39 is 0 Å². The Morgan fingerprint density at radius 1 is 0.252 bits per heavy atom. The van der Waals surface area contributed by atoms with Crippen LogP contribution in [0.5, 0.6) is 0 Å². The lowest BCUT2D eigenvalue weighted by Gasteiger charge is -2.37. The molecule has 22 nitrogen and oxygen atoms in total. The number of rotatable bonds is 37. The molecule has 0 saturated carbocycles. The molecule has 0 aliphatic rings. The molecule has 0 heterocycles. The molecule has 632 valence electrons. The molecule has 1 atom stereocenters. The third-order valence-corrected chi connectivity index (χ3v) is 18.3. The van der Waals surface area contributed by atoms with Crippen molar-refractivity contribution in [1.29, 1.82) is 0 Å². The van der Waals surface area contributed by atoms with Crippen LogP contribution in [0.1, 0.15) is 181 Å². The highest BCUT2D eigenvalue weighted by Crippen LogP contribution is 2.15. The number of methoxy groups -OCH3 is 5. The van der Waals surface area contributed by atoms with Gasteiger partial charge in [-0.2, -0.15) is 0 Å². The van der Waals surface area contributed by atoms with Crippen molar-refractivity contribution in [2.24, 2.45) is 0 Å². The number of benzene rings is 5. The number of carbonyl (C=O) groups excluding carboxylic acids is 7. The van der Waals surface area contributed by atoms with E-state index in [2.05, 4.69) is 128 Å². The van der Waals surface area contributed by atoms with Crippen LogP contribution in [0.25, 0.3) is 0 Å². The van der Waals surface area contributed by atoms with Gasteiger partial charge in [0.25, 0.3) is 0 Å². The van der Waals surface area contributed by atoms with Crippen LogP contribution in [-0.2, 0) is 57.0 Å². The average molecular weight is 1570 g/mol. The molecule has 0 fully saturated rings. The normalized spacial score (nSPS) is 10.9. The van der Waals surface area contributed by atoms with Crippen molar-refractivity contribution in [1.82, 2.24) is 0 Å². The first kappa shape index (κ1) is 112. The summed E-state index contributed by atoms with van der Waals surface area (Å²) < 4.78 is 52.6. The van der Waals surface area contributed by atoms with Crippen molar-refractivity contribution in [3.8, 4) is 0 Å². The van der Waals surface area contributed by atoms with E-state index in [9.17, 15) is 33.6 Å². The molecule has 111 heavy (non-hydrogen) atoms. The molecule has 0 spiro atoms. The number of unbranched alkanes of at least 4 members (excludes halogenated alkanes) is 1. The minimum Gasteiger partial charge on any atom is -0.469 e. The molecular weight excluding hydrogens is 1410 g/mol. The molecule has 5 rings (SSSR count). The van der Waals surface area contributed by atoms with Gasteiger partial charge >= 0.3 is 41.8 Å². The number of quaternary nitrogens is 5. The topological polar surface area (TPSA) is 212 Å². The van der Waals surface area contributed by atoms with Crippen LogP contribution in [0.4, 0.5) is 0 Å². The van der Waals surface area contributed by atoms with Crippen LogP contribution < -0.4 is 0 Å². The number of hydrogen-bond donors (Lipinski definition) is 0. The van der Waals surface area contributed by atoms with E-state index in [1.54, 1.807) is 103 Å². The molecule has 5 aromatic carbocycles. The van der Waals surface area contributed by atoms with Gasteiger partial charge in [0.2, 0.25) is 0 Å². The lowest BCUT2D eigenvalue weighted by molar-refractivity contribution is -0.926. The third kappa shape index (κ3) is 58.6. The molecule has 0 aliphatic heterocycles.